The summed E-state index contributed by atoms with van der Waals surface area (Å²) in [6.45, 7) is 0. The first-order valence-corrected chi connectivity index (χ1v) is 9.34. The molecule has 0 saturated heterocycles. The molecule has 26 heavy (non-hydrogen) atoms. The molecular formula is C17H9Cl2N3O2S2. The van der Waals surface area contributed by atoms with Gasteiger partial charge in [-0.15, -0.1) is 10.2 Å². The van der Waals surface area contributed by atoms with Gasteiger partial charge in [0.05, 0.1) is 21.6 Å². The number of isothiocyanates is 1. The fraction of sp³-hybridized carbons (Fsp3) is 0.0588. The summed E-state index contributed by atoms with van der Waals surface area (Å²) in [4.78, 5) is 16.2. The summed E-state index contributed by atoms with van der Waals surface area (Å²) < 4.78 is 5.58. The van der Waals surface area contributed by atoms with Crippen molar-refractivity contribution in [3.05, 3.63) is 58.1 Å². The zero-order chi connectivity index (χ0) is 18.5. The van der Waals surface area contributed by atoms with Gasteiger partial charge in [0.1, 0.15) is 0 Å². The van der Waals surface area contributed by atoms with Gasteiger partial charge >= 0.3 is 0 Å². The second kappa shape index (κ2) is 8.58. The second-order valence-electron chi connectivity index (χ2n) is 4.96. The van der Waals surface area contributed by atoms with E-state index in [1.807, 2.05) is 6.07 Å². The van der Waals surface area contributed by atoms with Crippen LogP contribution in [0.3, 0.4) is 0 Å². The second-order valence-corrected chi connectivity index (χ2v) is 6.92. The van der Waals surface area contributed by atoms with E-state index in [4.69, 9.17) is 27.6 Å². The maximum atomic E-state index is 12.3. The molecule has 0 unspecified atom stereocenters. The molecule has 0 atom stereocenters. The Balaban J connectivity index is 1.70. The van der Waals surface area contributed by atoms with E-state index in [1.165, 1.54) is 6.07 Å². The third-order valence-electron chi connectivity index (χ3n) is 3.23. The van der Waals surface area contributed by atoms with Crippen molar-refractivity contribution in [1.29, 1.82) is 0 Å². The van der Waals surface area contributed by atoms with Crippen LogP contribution in [0.25, 0.3) is 11.5 Å². The summed E-state index contributed by atoms with van der Waals surface area (Å²) in [7, 11) is 0. The average molecular weight is 422 g/mol. The first-order chi connectivity index (χ1) is 12.6. The monoisotopic (exact) mass is 421 g/mol. The van der Waals surface area contributed by atoms with Crippen molar-refractivity contribution in [2.75, 3.05) is 5.75 Å². The number of hydrogen-bond acceptors (Lipinski definition) is 7. The molecule has 0 bridgehead atoms. The Morgan fingerprint density at radius 3 is 2.85 bits per heavy atom. The Morgan fingerprint density at radius 1 is 1.23 bits per heavy atom. The van der Waals surface area contributed by atoms with Gasteiger partial charge in [-0.1, -0.05) is 41.0 Å². The van der Waals surface area contributed by atoms with Crippen LogP contribution in [0.4, 0.5) is 5.69 Å². The molecule has 3 aromatic rings. The lowest BCUT2D eigenvalue weighted by Crippen LogP contribution is -2.03. The number of aliphatic imine (C=N–C) groups is 1. The standard InChI is InChI=1S/C17H9Cl2N3O2S2/c18-11-4-5-13(14(19)7-11)15(23)8-26-17-22-21-16(24-17)10-2-1-3-12(6-10)20-9-25/h1-7H,8H2. The highest BCUT2D eigenvalue weighted by molar-refractivity contribution is 7.99. The Kier molecular flexibility index (Phi) is 6.19. The summed E-state index contributed by atoms with van der Waals surface area (Å²) >= 11 is 17.6. The number of ketones is 1. The van der Waals surface area contributed by atoms with Crippen LogP contribution in [0.15, 0.2) is 57.1 Å². The fourth-order valence-corrected chi connectivity index (χ4v) is 3.33. The molecule has 9 heteroatoms. The normalized spacial score (nSPS) is 10.4. The largest absolute Gasteiger partial charge is 0.411 e. The van der Waals surface area contributed by atoms with Crippen molar-refractivity contribution < 1.29 is 9.21 Å². The number of halogens is 2. The lowest BCUT2D eigenvalue weighted by molar-refractivity contribution is 0.102. The highest BCUT2D eigenvalue weighted by Crippen LogP contribution is 2.27. The van der Waals surface area contributed by atoms with E-state index in [0.29, 0.717) is 32.8 Å². The molecule has 0 spiro atoms. The molecule has 2 aromatic carbocycles. The molecule has 1 aromatic heterocycles. The van der Waals surface area contributed by atoms with Crippen molar-refractivity contribution in [3.63, 3.8) is 0 Å². The topological polar surface area (TPSA) is 68.3 Å². The summed E-state index contributed by atoms with van der Waals surface area (Å²) in [5, 5.41) is 11.3. The Morgan fingerprint density at radius 2 is 2.08 bits per heavy atom. The van der Waals surface area contributed by atoms with Crippen molar-refractivity contribution in [2.45, 2.75) is 5.22 Å². The smallest absolute Gasteiger partial charge is 0.277 e. The van der Waals surface area contributed by atoms with Crippen LogP contribution in [0.2, 0.25) is 10.0 Å². The van der Waals surface area contributed by atoms with Crippen LogP contribution >= 0.6 is 47.2 Å². The number of aromatic nitrogens is 2. The number of Topliss-reactive ketones (excluding diaryl/α,β-unsaturated/α-hetero) is 1. The molecule has 130 valence electrons. The molecule has 0 aliphatic rings. The Hall–Kier alpha value is -2.02. The Bertz CT molecular complexity index is 1020. The van der Waals surface area contributed by atoms with Crippen LogP contribution < -0.4 is 0 Å². The van der Waals surface area contributed by atoms with Gasteiger partial charge in [0.25, 0.3) is 5.22 Å². The SMILES string of the molecule is O=C(CSc1nnc(-c2cccc(N=C=S)c2)o1)c1ccc(Cl)cc1Cl. The van der Waals surface area contributed by atoms with Gasteiger partial charge < -0.3 is 4.42 Å². The highest BCUT2D eigenvalue weighted by atomic mass is 35.5. The van der Waals surface area contributed by atoms with Crippen molar-refractivity contribution in [1.82, 2.24) is 10.2 Å². The number of carbonyl (C=O) groups excluding carboxylic acids is 1. The van der Waals surface area contributed by atoms with E-state index in [0.717, 1.165) is 11.8 Å². The first kappa shape index (κ1) is 18.8. The maximum absolute atomic E-state index is 12.3. The molecule has 0 aliphatic carbocycles. The van der Waals surface area contributed by atoms with Crippen molar-refractivity contribution in [2.24, 2.45) is 4.99 Å². The first-order valence-electron chi connectivity index (χ1n) is 7.19. The number of hydrogen-bond donors (Lipinski definition) is 0. The predicted molar refractivity (Wildman–Crippen MR) is 106 cm³/mol. The van der Waals surface area contributed by atoms with Crippen LogP contribution in [0.5, 0.6) is 0 Å². The Labute approximate surface area is 168 Å². The van der Waals surface area contributed by atoms with E-state index < -0.39 is 0 Å². The molecular weight excluding hydrogens is 413 g/mol. The van der Waals surface area contributed by atoms with E-state index in [2.05, 4.69) is 32.6 Å². The minimum Gasteiger partial charge on any atom is -0.411 e. The summed E-state index contributed by atoms with van der Waals surface area (Å²) in [5.41, 5.74) is 1.73. The molecule has 5 nitrogen and oxygen atoms in total. The third kappa shape index (κ3) is 4.58. The molecule has 1 heterocycles. The van der Waals surface area contributed by atoms with Crippen LogP contribution in [0.1, 0.15) is 10.4 Å². The average Bonchev–Trinajstić information content (AvgIpc) is 3.09. The highest BCUT2D eigenvalue weighted by Gasteiger charge is 2.15. The van der Waals surface area contributed by atoms with Gasteiger partial charge in [0.2, 0.25) is 5.89 Å². The zero-order valence-electron chi connectivity index (χ0n) is 13.0. The van der Waals surface area contributed by atoms with E-state index in [1.54, 1.807) is 30.3 Å². The summed E-state index contributed by atoms with van der Waals surface area (Å²) in [6, 6.07) is 11.9. The van der Waals surface area contributed by atoms with Crippen LogP contribution in [0, 0.1) is 0 Å². The molecule has 0 fully saturated rings. The molecule has 0 radical (unpaired) electrons. The van der Waals surface area contributed by atoms with Crippen molar-refractivity contribution in [3.8, 4) is 11.5 Å². The van der Waals surface area contributed by atoms with Gasteiger partial charge in [-0.05, 0) is 48.6 Å². The molecule has 0 amide bonds. The van der Waals surface area contributed by atoms with Gasteiger partial charge in [-0.3, -0.25) is 4.79 Å². The summed E-state index contributed by atoms with van der Waals surface area (Å²) in [6.07, 6.45) is 0. The van der Waals surface area contributed by atoms with Gasteiger partial charge in [0, 0.05) is 16.1 Å². The lowest BCUT2D eigenvalue weighted by atomic mass is 10.1. The quantitative estimate of drug-likeness (QED) is 0.218. The fourth-order valence-electron chi connectivity index (χ4n) is 2.07. The number of thiocarbonyl (C=S) groups is 1. The van der Waals surface area contributed by atoms with E-state index in [-0.39, 0.29) is 16.8 Å². The van der Waals surface area contributed by atoms with Crippen LogP contribution in [-0.4, -0.2) is 26.9 Å². The molecule has 0 aliphatic heterocycles. The number of thioether (sulfide) groups is 1. The van der Waals surface area contributed by atoms with Gasteiger partial charge in [-0.25, -0.2) is 0 Å². The third-order valence-corrected chi connectivity index (χ3v) is 4.69. The van der Waals surface area contributed by atoms with Gasteiger partial charge in [0.15, 0.2) is 5.78 Å². The van der Waals surface area contributed by atoms with Crippen LogP contribution in [-0.2, 0) is 0 Å². The van der Waals surface area contributed by atoms with Gasteiger partial charge in [-0.2, -0.15) is 4.99 Å². The maximum Gasteiger partial charge on any atom is 0.277 e. The predicted octanol–water partition coefficient (Wildman–Crippen LogP) is 5.75. The minimum atomic E-state index is -0.159. The van der Waals surface area contributed by atoms with Crippen molar-refractivity contribution >= 4 is 63.8 Å². The number of nitrogens with zero attached hydrogens (tertiary/aromatic N) is 3. The molecule has 3 rings (SSSR count). The number of benzene rings is 2. The number of carbonyl (C=O) groups is 1. The minimum absolute atomic E-state index is 0.109. The molecule has 0 N–H and O–H groups in total. The van der Waals surface area contributed by atoms with E-state index >= 15 is 0 Å². The lowest BCUT2D eigenvalue weighted by Gasteiger charge is -2.02. The van der Waals surface area contributed by atoms with E-state index in [9.17, 15) is 4.79 Å². The molecule has 0 saturated carbocycles. The zero-order valence-corrected chi connectivity index (χ0v) is 16.1. The summed E-state index contributed by atoms with van der Waals surface area (Å²) in [5.74, 6) is 0.276. The number of rotatable bonds is 6.